The third-order valence-corrected chi connectivity index (χ3v) is 4.04. The van der Waals surface area contributed by atoms with Crippen molar-refractivity contribution in [3.8, 4) is 5.88 Å². The van der Waals surface area contributed by atoms with Gasteiger partial charge in [0.05, 0.1) is 7.11 Å². The van der Waals surface area contributed by atoms with E-state index in [1.54, 1.807) is 7.11 Å². The number of nitrogens with two attached hydrogens (primary N) is 1. The Morgan fingerprint density at radius 2 is 1.89 bits per heavy atom. The lowest BCUT2D eigenvalue weighted by Crippen LogP contribution is -2.38. The number of nitrogens with zero attached hydrogens (tertiary/aromatic N) is 3. The molecule has 1 saturated heterocycles. The summed E-state index contributed by atoms with van der Waals surface area (Å²) in [7, 11) is 1.58. The Labute approximate surface area is 115 Å². The number of rotatable bonds is 2. The van der Waals surface area contributed by atoms with E-state index in [-0.39, 0.29) is 0 Å². The van der Waals surface area contributed by atoms with Crippen LogP contribution < -0.4 is 15.4 Å². The number of ether oxygens (including phenoxy) is 1. The van der Waals surface area contributed by atoms with Crippen molar-refractivity contribution in [1.82, 2.24) is 9.97 Å². The molecule has 0 amide bonds. The molecular formula is C14H24N4O. The van der Waals surface area contributed by atoms with Crippen LogP contribution >= 0.6 is 0 Å². The van der Waals surface area contributed by atoms with Gasteiger partial charge in [-0.2, -0.15) is 4.98 Å². The van der Waals surface area contributed by atoms with Crippen LogP contribution in [0.5, 0.6) is 5.88 Å². The van der Waals surface area contributed by atoms with Gasteiger partial charge in [-0.05, 0) is 24.2 Å². The minimum Gasteiger partial charge on any atom is -0.479 e. The van der Waals surface area contributed by atoms with Crippen LogP contribution in [0, 0.1) is 11.3 Å². The molecule has 0 bridgehead atoms. The Morgan fingerprint density at radius 3 is 2.42 bits per heavy atom. The first-order valence-electron chi connectivity index (χ1n) is 6.83. The first-order valence-corrected chi connectivity index (χ1v) is 6.83. The summed E-state index contributed by atoms with van der Waals surface area (Å²) < 4.78 is 5.15. The van der Waals surface area contributed by atoms with Crippen LogP contribution in [0.1, 0.15) is 33.6 Å². The first kappa shape index (κ1) is 13.9. The van der Waals surface area contributed by atoms with Crippen molar-refractivity contribution < 1.29 is 4.74 Å². The zero-order valence-electron chi connectivity index (χ0n) is 12.3. The normalized spacial score (nSPS) is 17.6. The number of nitrogen functional groups attached to an aromatic ring is 1. The minimum absolute atomic E-state index is 0.376. The highest BCUT2D eigenvalue weighted by atomic mass is 16.5. The fraction of sp³-hybridized carbons (Fsp3) is 0.714. The van der Waals surface area contributed by atoms with E-state index in [1.807, 2.05) is 0 Å². The molecule has 2 heterocycles. The van der Waals surface area contributed by atoms with E-state index >= 15 is 0 Å². The molecule has 106 valence electrons. The van der Waals surface area contributed by atoms with E-state index in [2.05, 4.69) is 35.6 Å². The second-order valence-electron chi connectivity index (χ2n) is 6.25. The maximum absolute atomic E-state index is 6.05. The summed E-state index contributed by atoms with van der Waals surface area (Å²) in [5, 5.41) is 0. The number of hydrogen-bond acceptors (Lipinski definition) is 5. The molecule has 1 aliphatic rings. The molecule has 1 aliphatic heterocycles. The summed E-state index contributed by atoms with van der Waals surface area (Å²) in [5.41, 5.74) is 6.97. The van der Waals surface area contributed by atoms with Crippen molar-refractivity contribution in [3.63, 3.8) is 0 Å². The van der Waals surface area contributed by atoms with Gasteiger partial charge in [0, 0.05) is 13.1 Å². The van der Waals surface area contributed by atoms with Gasteiger partial charge < -0.3 is 15.4 Å². The lowest BCUT2D eigenvalue weighted by atomic mass is 9.75. The minimum atomic E-state index is 0.376. The fourth-order valence-corrected chi connectivity index (χ4v) is 2.74. The molecule has 0 saturated carbocycles. The third-order valence-electron chi connectivity index (χ3n) is 4.04. The van der Waals surface area contributed by atoms with E-state index in [9.17, 15) is 0 Å². The van der Waals surface area contributed by atoms with Crippen molar-refractivity contribution >= 4 is 11.5 Å². The topological polar surface area (TPSA) is 64.3 Å². The lowest BCUT2D eigenvalue weighted by Gasteiger charge is -2.39. The number of methoxy groups -OCH3 is 1. The molecule has 0 radical (unpaired) electrons. The zero-order chi connectivity index (χ0) is 14.0. The van der Waals surface area contributed by atoms with E-state index in [0.717, 1.165) is 24.8 Å². The zero-order valence-corrected chi connectivity index (χ0v) is 12.3. The molecule has 5 nitrogen and oxygen atoms in total. The predicted molar refractivity (Wildman–Crippen MR) is 77.4 cm³/mol. The number of aromatic nitrogens is 2. The van der Waals surface area contributed by atoms with E-state index in [0.29, 0.717) is 17.0 Å². The summed E-state index contributed by atoms with van der Waals surface area (Å²) in [4.78, 5) is 10.6. The van der Waals surface area contributed by atoms with Crippen LogP contribution in [0.2, 0.25) is 0 Å². The summed E-state index contributed by atoms with van der Waals surface area (Å²) >= 11 is 0. The monoisotopic (exact) mass is 264 g/mol. The van der Waals surface area contributed by atoms with Crippen molar-refractivity contribution in [3.05, 3.63) is 6.33 Å². The molecule has 0 spiro atoms. The van der Waals surface area contributed by atoms with Crippen molar-refractivity contribution in [2.45, 2.75) is 33.6 Å². The molecule has 0 unspecified atom stereocenters. The molecule has 0 aliphatic carbocycles. The largest absolute Gasteiger partial charge is 0.479 e. The van der Waals surface area contributed by atoms with Gasteiger partial charge >= 0.3 is 0 Å². The van der Waals surface area contributed by atoms with E-state index in [1.165, 1.54) is 19.2 Å². The Kier molecular flexibility index (Phi) is 3.83. The number of piperidine rings is 1. The molecule has 1 aromatic heterocycles. The summed E-state index contributed by atoms with van der Waals surface area (Å²) in [5.74, 6) is 2.02. The van der Waals surface area contributed by atoms with E-state index < -0.39 is 0 Å². The highest BCUT2D eigenvalue weighted by molar-refractivity contribution is 5.67. The molecule has 1 fully saturated rings. The van der Waals surface area contributed by atoms with Crippen molar-refractivity contribution in [2.75, 3.05) is 30.8 Å². The molecule has 2 N–H and O–H groups in total. The van der Waals surface area contributed by atoms with Crippen LogP contribution in [0.15, 0.2) is 6.33 Å². The number of hydrogen-bond donors (Lipinski definition) is 1. The summed E-state index contributed by atoms with van der Waals surface area (Å²) in [6.45, 7) is 8.93. The van der Waals surface area contributed by atoms with Crippen molar-refractivity contribution in [1.29, 1.82) is 0 Å². The summed E-state index contributed by atoms with van der Waals surface area (Å²) in [6, 6.07) is 0. The van der Waals surface area contributed by atoms with Gasteiger partial charge in [-0.15, -0.1) is 0 Å². The maximum atomic E-state index is 6.05. The van der Waals surface area contributed by atoms with Gasteiger partial charge in [0.15, 0.2) is 5.82 Å². The molecule has 0 aromatic carbocycles. The van der Waals surface area contributed by atoms with Crippen LogP contribution in [-0.2, 0) is 0 Å². The average Bonchev–Trinajstić information content (AvgIpc) is 2.38. The van der Waals surface area contributed by atoms with Crippen LogP contribution in [0.25, 0.3) is 0 Å². The maximum Gasteiger partial charge on any atom is 0.242 e. The van der Waals surface area contributed by atoms with Crippen LogP contribution in [-0.4, -0.2) is 30.2 Å². The van der Waals surface area contributed by atoms with Crippen LogP contribution in [0.4, 0.5) is 11.5 Å². The highest BCUT2D eigenvalue weighted by Crippen LogP contribution is 2.37. The van der Waals surface area contributed by atoms with Gasteiger partial charge in [-0.3, -0.25) is 0 Å². The second-order valence-corrected chi connectivity index (χ2v) is 6.25. The highest BCUT2D eigenvalue weighted by Gasteiger charge is 2.30. The van der Waals surface area contributed by atoms with Crippen LogP contribution in [0.3, 0.4) is 0 Å². The van der Waals surface area contributed by atoms with Gasteiger partial charge in [0.2, 0.25) is 5.88 Å². The summed E-state index contributed by atoms with van der Waals surface area (Å²) in [6.07, 6.45) is 3.87. The quantitative estimate of drug-likeness (QED) is 0.888. The standard InChI is InChI=1S/C14H24N4O/c1-14(2,3)10-5-7-18(8-6-10)12-11(15)13(19-4)17-9-16-12/h9-10H,5-8,15H2,1-4H3. The lowest BCUT2D eigenvalue weighted by molar-refractivity contribution is 0.198. The molecule has 0 atom stereocenters. The average molecular weight is 264 g/mol. The van der Waals surface area contributed by atoms with E-state index in [4.69, 9.17) is 10.5 Å². The molecule has 5 heteroatoms. The van der Waals surface area contributed by atoms with Gasteiger partial charge in [-0.25, -0.2) is 4.98 Å². The van der Waals surface area contributed by atoms with Gasteiger partial charge in [-0.1, -0.05) is 20.8 Å². The second kappa shape index (κ2) is 5.23. The smallest absolute Gasteiger partial charge is 0.242 e. The number of anilines is 2. The van der Waals surface area contributed by atoms with Gasteiger partial charge in [0.25, 0.3) is 0 Å². The Hall–Kier alpha value is -1.52. The molecule has 19 heavy (non-hydrogen) atoms. The fourth-order valence-electron chi connectivity index (χ4n) is 2.74. The SMILES string of the molecule is COc1ncnc(N2CCC(C(C)(C)C)CC2)c1N. The Bertz CT molecular complexity index is 434. The molecule has 2 rings (SSSR count). The van der Waals surface area contributed by atoms with Gasteiger partial charge in [0.1, 0.15) is 12.0 Å². The molecule has 1 aromatic rings. The molecular weight excluding hydrogens is 240 g/mol. The third kappa shape index (κ3) is 2.91. The van der Waals surface area contributed by atoms with Crippen molar-refractivity contribution in [2.24, 2.45) is 11.3 Å². The first-order chi connectivity index (χ1) is 8.93. The Morgan fingerprint density at radius 1 is 1.26 bits per heavy atom. The predicted octanol–water partition coefficient (Wildman–Crippen LogP) is 2.33. The Balaban J connectivity index is 2.10.